The van der Waals surface area contributed by atoms with Gasteiger partial charge in [-0.2, -0.15) is 0 Å². The second kappa shape index (κ2) is 5.81. The van der Waals surface area contributed by atoms with E-state index in [2.05, 4.69) is 20.8 Å². The van der Waals surface area contributed by atoms with Crippen LogP contribution in [0.2, 0.25) is 0 Å². The normalized spacial score (nSPS) is 35.4. The van der Waals surface area contributed by atoms with Gasteiger partial charge < -0.3 is 5.11 Å². The molecule has 0 bridgehead atoms. The van der Waals surface area contributed by atoms with Crippen LogP contribution >= 0.6 is 0 Å². The van der Waals surface area contributed by atoms with Gasteiger partial charge in [0.2, 0.25) is 0 Å². The number of rotatable bonds is 5. The molecular weight excluding hydrogens is 200 g/mol. The fourth-order valence-electron chi connectivity index (χ4n) is 3.08. The number of carbonyl (C=O) groups excluding carboxylic acids is 1. The van der Waals surface area contributed by atoms with E-state index < -0.39 is 5.60 Å². The summed E-state index contributed by atoms with van der Waals surface area (Å²) < 4.78 is 0. The number of unbranched alkanes of at least 4 members (excludes halogenated alkanes) is 1. The summed E-state index contributed by atoms with van der Waals surface area (Å²) in [5.41, 5.74) is -0.708. The van der Waals surface area contributed by atoms with Crippen molar-refractivity contribution in [1.29, 1.82) is 0 Å². The van der Waals surface area contributed by atoms with Crippen LogP contribution in [0.1, 0.15) is 65.7 Å². The lowest BCUT2D eigenvalue weighted by molar-refractivity contribution is -0.143. The van der Waals surface area contributed by atoms with Crippen molar-refractivity contribution in [1.82, 2.24) is 0 Å². The van der Waals surface area contributed by atoms with Gasteiger partial charge in [0.25, 0.3) is 0 Å². The molecule has 0 aromatic carbocycles. The summed E-state index contributed by atoms with van der Waals surface area (Å²) >= 11 is 0. The summed E-state index contributed by atoms with van der Waals surface area (Å²) in [5, 5.41) is 10.7. The zero-order valence-corrected chi connectivity index (χ0v) is 11.0. The Labute approximate surface area is 99.4 Å². The molecule has 1 rings (SSSR count). The van der Waals surface area contributed by atoms with Crippen LogP contribution in [0.3, 0.4) is 0 Å². The molecular formula is C14H26O2. The quantitative estimate of drug-likeness (QED) is 0.780. The lowest BCUT2D eigenvalue weighted by Gasteiger charge is -2.41. The van der Waals surface area contributed by atoms with Gasteiger partial charge in [0.05, 0.1) is 5.60 Å². The average Bonchev–Trinajstić information content (AvgIpc) is 2.21. The zero-order chi connectivity index (χ0) is 12.2. The summed E-state index contributed by atoms with van der Waals surface area (Å²) in [5.74, 6) is 0.543. The molecule has 0 spiro atoms. The Bertz CT molecular complexity index is 237. The molecule has 1 saturated carbocycles. The van der Waals surface area contributed by atoms with Gasteiger partial charge in [0, 0.05) is 12.3 Å². The summed E-state index contributed by atoms with van der Waals surface area (Å²) in [4.78, 5) is 12.0. The minimum Gasteiger partial charge on any atom is -0.389 e. The van der Waals surface area contributed by atoms with Crippen molar-refractivity contribution in [3.63, 3.8) is 0 Å². The molecule has 3 atom stereocenters. The lowest BCUT2D eigenvalue weighted by Crippen LogP contribution is -2.48. The Morgan fingerprint density at radius 1 is 1.38 bits per heavy atom. The number of Topliss-reactive ketones (excluding diaryl/α,β-unsaturated/α-hetero) is 1. The molecule has 16 heavy (non-hydrogen) atoms. The SMILES string of the molecule is CCCC[C@@]1(O)C[C@@H](C)CC(=O)[C@H]1CCC. The number of aliphatic hydroxyl groups is 1. The molecule has 1 N–H and O–H groups in total. The van der Waals surface area contributed by atoms with Crippen LogP contribution in [0.15, 0.2) is 0 Å². The highest BCUT2D eigenvalue weighted by Crippen LogP contribution is 2.40. The van der Waals surface area contributed by atoms with E-state index in [1.807, 2.05) is 0 Å². The first-order valence-corrected chi connectivity index (χ1v) is 6.78. The first-order valence-electron chi connectivity index (χ1n) is 6.78. The van der Waals surface area contributed by atoms with Crippen molar-refractivity contribution in [3.05, 3.63) is 0 Å². The van der Waals surface area contributed by atoms with Crippen molar-refractivity contribution in [2.24, 2.45) is 11.8 Å². The minimum absolute atomic E-state index is 0.0970. The van der Waals surface area contributed by atoms with Crippen LogP contribution in [-0.4, -0.2) is 16.5 Å². The fourth-order valence-corrected chi connectivity index (χ4v) is 3.08. The summed E-state index contributed by atoms with van der Waals surface area (Å²) in [6.45, 7) is 6.30. The van der Waals surface area contributed by atoms with E-state index in [0.717, 1.165) is 38.5 Å². The van der Waals surface area contributed by atoms with Crippen LogP contribution in [-0.2, 0) is 4.79 Å². The Kier molecular flexibility index (Phi) is 4.97. The predicted molar refractivity (Wildman–Crippen MR) is 66.3 cm³/mol. The van der Waals surface area contributed by atoms with Crippen molar-refractivity contribution in [3.8, 4) is 0 Å². The third-order valence-corrected chi connectivity index (χ3v) is 3.83. The lowest BCUT2D eigenvalue weighted by atomic mass is 9.67. The van der Waals surface area contributed by atoms with E-state index in [9.17, 15) is 9.90 Å². The topological polar surface area (TPSA) is 37.3 Å². The molecule has 0 heterocycles. The van der Waals surface area contributed by atoms with E-state index in [4.69, 9.17) is 0 Å². The van der Waals surface area contributed by atoms with Crippen LogP contribution in [0.25, 0.3) is 0 Å². The van der Waals surface area contributed by atoms with E-state index >= 15 is 0 Å². The maximum absolute atomic E-state index is 12.0. The van der Waals surface area contributed by atoms with Gasteiger partial charge in [-0.05, 0) is 25.2 Å². The first kappa shape index (κ1) is 13.7. The van der Waals surface area contributed by atoms with Crippen molar-refractivity contribution < 1.29 is 9.90 Å². The van der Waals surface area contributed by atoms with Crippen LogP contribution in [0.5, 0.6) is 0 Å². The second-order valence-electron chi connectivity index (χ2n) is 5.53. The summed E-state index contributed by atoms with van der Waals surface area (Å²) in [6.07, 6.45) is 6.22. The number of hydrogen-bond donors (Lipinski definition) is 1. The highest BCUT2D eigenvalue weighted by Gasteiger charge is 2.44. The van der Waals surface area contributed by atoms with Crippen molar-refractivity contribution in [2.45, 2.75) is 71.3 Å². The van der Waals surface area contributed by atoms with Gasteiger partial charge in [-0.25, -0.2) is 0 Å². The molecule has 0 aliphatic heterocycles. The molecule has 1 fully saturated rings. The standard InChI is InChI=1S/C14H26O2/c1-4-6-8-14(16)10-11(3)9-13(15)12(14)7-5-2/h11-12,16H,4-10H2,1-3H3/t11-,12+,14+/m0/s1. The summed E-state index contributed by atoms with van der Waals surface area (Å²) in [6, 6.07) is 0. The van der Waals surface area contributed by atoms with Gasteiger partial charge in [0.1, 0.15) is 5.78 Å². The molecule has 0 unspecified atom stereocenters. The molecule has 0 aromatic heterocycles. The highest BCUT2D eigenvalue weighted by molar-refractivity contribution is 5.83. The van der Waals surface area contributed by atoms with E-state index in [1.165, 1.54) is 0 Å². The molecule has 2 nitrogen and oxygen atoms in total. The fraction of sp³-hybridized carbons (Fsp3) is 0.929. The minimum atomic E-state index is -0.708. The second-order valence-corrected chi connectivity index (χ2v) is 5.53. The molecule has 94 valence electrons. The Morgan fingerprint density at radius 3 is 2.62 bits per heavy atom. The van der Waals surface area contributed by atoms with Crippen molar-refractivity contribution >= 4 is 5.78 Å². The van der Waals surface area contributed by atoms with Gasteiger partial charge in [-0.15, -0.1) is 0 Å². The van der Waals surface area contributed by atoms with Gasteiger partial charge in [0.15, 0.2) is 0 Å². The Hall–Kier alpha value is -0.370. The largest absolute Gasteiger partial charge is 0.389 e. The highest BCUT2D eigenvalue weighted by atomic mass is 16.3. The number of carbonyl (C=O) groups is 1. The van der Waals surface area contributed by atoms with Crippen LogP contribution in [0.4, 0.5) is 0 Å². The Balaban J connectivity index is 2.76. The molecule has 1 aliphatic rings. The van der Waals surface area contributed by atoms with Gasteiger partial charge >= 0.3 is 0 Å². The number of hydrogen-bond acceptors (Lipinski definition) is 2. The third-order valence-electron chi connectivity index (χ3n) is 3.83. The third kappa shape index (κ3) is 3.07. The monoisotopic (exact) mass is 226 g/mol. The zero-order valence-electron chi connectivity index (χ0n) is 11.0. The van der Waals surface area contributed by atoms with E-state index in [1.54, 1.807) is 0 Å². The first-order chi connectivity index (χ1) is 7.53. The average molecular weight is 226 g/mol. The Morgan fingerprint density at radius 2 is 2.06 bits per heavy atom. The molecule has 1 aliphatic carbocycles. The van der Waals surface area contributed by atoms with Crippen LogP contribution in [0, 0.1) is 11.8 Å². The molecule has 0 amide bonds. The van der Waals surface area contributed by atoms with Crippen LogP contribution < -0.4 is 0 Å². The molecule has 2 heteroatoms. The molecule has 0 aromatic rings. The molecule has 0 radical (unpaired) electrons. The van der Waals surface area contributed by atoms with Crippen molar-refractivity contribution in [2.75, 3.05) is 0 Å². The molecule has 0 saturated heterocycles. The van der Waals surface area contributed by atoms with Gasteiger partial charge in [-0.3, -0.25) is 4.79 Å². The maximum atomic E-state index is 12.0. The maximum Gasteiger partial charge on any atom is 0.139 e. The summed E-state index contributed by atoms with van der Waals surface area (Å²) in [7, 11) is 0. The van der Waals surface area contributed by atoms with E-state index in [0.29, 0.717) is 18.1 Å². The number of ketones is 1. The smallest absolute Gasteiger partial charge is 0.139 e. The van der Waals surface area contributed by atoms with Gasteiger partial charge in [-0.1, -0.05) is 40.0 Å². The van der Waals surface area contributed by atoms with E-state index in [-0.39, 0.29) is 5.92 Å². The predicted octanol–water partition coefficient (Wildman–Crippen LogP) is 3.32.